The van der Waals surface area contributed by atoms with E-state index in [-0.39, 0.29) is 11.9 Å². The first-order valence-electron chi connectivity index (χ1n) is 8.91. The van der Waals surface area contributed by atoms with Crippen molar-refractivity contribution in [3.63, 3.8) is 0 Å². The fourth-order valence-corrected chi connectivity index (χ4v) is 3.03. The first kappa shape index (κ1) is 18.2. The molecule has 0 spiro atoms. The molecule has 4 rings (SSSR count). The fraction of sp³-hybridized carbons (Fsp3) is 0.0476. The van der Waals surface area contributed by atoms with E-state index in [9.17, 15) is 4.79 Å². The maximum Gasteiger partial charge on any atom is 0.272 e. The van der Waals surface area contributed by atoms with Crippen LogP contribution in [0.15, 0.2) is 71.1 Å². The molecule has 144 valence electrons. The Bertz CT molecular complexity index is 1280. The van der Waals surface area contributed by atoms with Gasteiger partial charge >= 0.3 is 0 Å². The molecule has 0 bridgehead atoms. The molecule has 2 aromatic carbocycles. The molecule has 8 nitrogen and oxygen atoms in total. The van der Waals surface area contributed by atoms with Gasteiger partial charge in [0, 0.05) is 34.4 Å². The van der Waals surface area contributed by atoms with E-state index in [1.165, 1.54) is 0 Å². The molecule has 0 unspecified atom stereocenters. The van der Waals surface area contributed by atoms with Gasteiger partial charge in [0.05, 0.1) is 5.71 Å². The van der Waals surface area contributed by atoms with Crippen LogP contribution in [-0.2, 0) is 0 Å². The predicted octanol–water partition coefficient (Wildman–Crippen LogP) is 2.97. The SMILES string of the molecule is C/C(=N/N=C(N)N)c1ccc2[nH]c(C(=O)Nc3ccc4cnccc4c3)cc2c1. The molecule has 6 N–H and O–H groups in total. The molecule has 0 fully saturated rings. The summed E-state index contributed by atoms with van der Waals surface area (Å²) in [6, 6.07) is 15.1. The number of H-pyrrole nitrogens is 1. The molecule has 29 heavy (non-hydrogen) atoms. The first-order valence-corrected chi connectivity index (χ1v) is 8.91. The number of benzene rings is 2. The number of nitrogens with one attached hydrogen (secondary N) is 2. The lowest BCUT2D eigenvalue weighted by Crippen LogP contribution is -2.22. The molecule has 0 aliphatic carbocycles. The molecule has 1 amide bonds. The standard InChI is InChI=1S/C21H19N7O/c1-12(27-28-21(22)23)13-3-5-18-16(8-13)10-19(26-18)20(29)25-17-4-2-15-11-24-7-6-14(15)9-17/h2-11,26H,1H3,(H,25,29)(H4,22,23,28)/b27-12-. The van der Waals surface area contributed by atoms with Gasteiger partial charge in [-0.05, 0) is 54.3 Å². The average molecular weight is 385 g/mol. The topological polar surface area (TPSA) is 135 Å². The van der Waals surface area contributed by atoms with Gasteiger partial charge in [-0.2, -0.15) is 5.10 Å². The summed E-state index contributed by atoms with van der Waals surface area (Å²) in [7, 11) is 0. The van der Waals surface area contributed by atoms with Gasteiger partial charge < -0.3 is 21.8 Å². The molecule has 4 aromatic rings. The van der Waals surface area contributed by atoms with Gasteiger partial charge in [0.2, 0.25) is 5.96 Å². The lowest BCUT2D eigenvalue weighted by atomic mass is 10.1. The van der Waals surface area contributed by atoms with Crippen molar-refractivity contribution in [1.29, 1.82) is 0 Å². The minimum atomic E-state index is -0.220. The largest absolute Gasteiger partial charge is 0.369 e. The first-order chi connectivity index (χ1) is 14.0. The molecule has 2 aromatic heterocycles. The van der Waals surface area contributed by atoms with Crippen molar-refractivity contribution >= 4 is 44.9 Å². The van der Waals surface area contributed by atoms with E-state index >= 15 is 0 Å². The molecular weight excluding hydrogens is 366 g/mol. The number of aromatic nitrogens is 2. The summed E-state index contributed by atoms with van der Waals surface area (Å²) in [5.41, 5.74) is 14.2. The second kappa shape index (κ2) is 7.43. The van der Waals surface area contributed by atoms with Gasteiger partial charge in [-0.25, -0.2) is 0 Å². The van der Waals surface area contributed by atoms with E-state index in [0.717, 1.165) is 27.2 Å². The summed E-state index contributed by atoms with van der Waals surface area (Å²) in [5.74, 6) is -0.321. The average Bonchev–Trinajstić information content (AvgIpc) is 3.15. The van der Waals surface area contributed by atoms with Crippen molar-refractivity contribution in [2.45, 2.75) is 6.92 Å². The van der Waals surface area contributed by atoms with Crippen molar-refractivity contribution in [3.05, 3.63) is 72.2 Å². The highest BCUT2D eigenvalue weighted by molar-refractivity contribution is 6.08. The Hall–Kier alpha value is -4.20. The lowest BCUT2D eigenvalue weighted by Gasteiger charge is -2.05. The summed E-state index contributed by atoms with van der Waals surface area (Å²) >= 11 is 0. The van der Waals surface area contributed by atoms with Crippen molar-refractivity contribution < 1.29 is 4.79 Å². The molecule has 0 aliphatic rings. The molecule has 0 radical (unpaired) electrons. The van der Waals surface area contributed by atoms with Crippen LogP contribution in [0.1, 0.15) is 23.0 Å². The number of hydrogen-bond acceptors (Lipinski definition) is 4. The van der Waals surface area contributed by atoms with Gasteiger partial charge in [0.25, 0.3) is 5.91 Å². The van der Waals surface area contributed by atoms with Crippen LogP contribution in [0, 0.1) is 0 Å². The summed E-state index contributed by atoms with van der Waals surface area (Å²) in [5, 5.41) is 13.5. The van der Waals surface area contributed by atoms with Crippen LogP contribution in [0.25, 0.3) is 21.7 Å². The highest BCUT2D eigenvalue weighted by Gasteiger charge is 2.11. The predicted molar refractivity (Wildman–Crippen MR) is 116 cm³/mol. The molecular formula is C21H19N7O. The van der Waals surface area contributed by atoms with Crippen LogP contribution in [0.4, 0.5) is 5.69 Å². The van der Waals surface area contributed by atoms with Gasteiger partial charge in [-0.15, -0.1) is 5.10 Å². The normalized spacial score (nSPS) is 11.6. The van der Waals surface area contributed by atoms with Gasteiger partial charge in [-0.3, -0.25) is 9.78 Å². The highest BCUT2D eigenvalue weighted by Crippen LogP contribution is 2.21. The van der Waals surface area contributed by atoms with Crippen LogP contribution in [-0.4, -0.2) is 27.5 Å². The van der Waals surface area contributed by atoms with Crippen LogP contribution >= 0.6 is 0 Å². The third kappa shape index (κ3) is 3.91. The van der Waals surface area contributed by atoms with Gasteiger partial charge in [0.1, 0.15) is 5.69 Å². The number of fused-ring (bicyclic) bond motifs is 2. The van der Waals surface area contributed by atoms with Gasteiger partial charge in [-0.1, -0.05) is 12.1 Å². The molecule has 2 heterocycles. The summed E-state index contributed by atoms with van der Waals surface area (Å²) in [6.45, 7) is 1.81. The number of aromatic amines is 1. The van der Waals surface area contributed by atoms with Crippen molar-refractivity contribution in [2.24, 2.45) is 21.7 Å². The Balaban J connectivity index is 1.59. The fourth-order valence-electron chi connectivity index (χ4n) is 3.03. The number of pyridine rings is 1. The number of amides is 1. The van der Waals surface area contributed by atoms with Crippen molar-refractivity contribution in [1.82, 2.24) is 9.97 Å². The molecule has 0 saturated heterocycles. The van der Waals surface area contributed by atoms with Crippen molar-refractivity contribution in [2.75, 3.05) is 5.32 Å². The maximum absolute atomic E-state index is 12.7. The smallest absolute Gasteiger partial charge is 0.272 e. The zero-order valence-corrected chi connectivity index (χ0v) is 15.7. The van der Waals surface area contributed by atoms with E-state index < -0.39 is 0 Å². The number of nitrogens with two attached hydrogens (primary N) is 2. The van der Waals surface area contributed by atoms with E-state index in [2.05, 4.69) is 25.5 Å². The number of rotatable bonds is 4. The molecule has 0 aliphatic heterocycles. The van der Waals surface area contributed by atoms with Crippen LogP contribution in [0.3, 0.4) is 0 Å². The number of guanidine groups is 1. The number of carbonyl (C=O) groups is 1. The quantitative estimate of drug-likeness (QED) is 0.244. The van der Waals surface area contributed by atoms with Crippen molar-refractivity contribution in [3.8, 4) is 0 Å². The lowest BCUT2D eigenvalue weighted by molar-refractivity contribution is 0.102. The number of hydrogen-bond donors (Lipinski definition) is 4. The second-order valence-corrected chi connectivity index (χ2v) is 6.59. The zero-order chi connectivity index (χ0) is 20.4. The summed E-state index contributed by atoms with van der Waals surface area (Å²) in [4.78, 5) is 19.9. The number of carbonyl (C=O) groups excluding carboxylic acids is 1. The summed E-state index contributed by atoms with van der Waals surface area (Å²) in [6.07, 6.45) is 3.51. The van der Waals surface area contributed by atoms with Crippen LogP contribution < -0.4 is 16.8 Å². The monoisotopic (exact) mass is 385 g/mol. The Morgan fingerprint density at radius 1 is 1.00 bits per heavy atom. The van der Waals surface area contributed by atoms with E-state index in [1.54, 1.807) is 18.5 Å². The third-order valence-electron chi connectivity index (χ3n) is 4.50. The molecule has 0 atom stereocenters. The highest BCUT2D eigenvalue weighted by atomic mass is 16.1. The maximum atomic E-state index is 12.7. The van der Waals surface area contributed by atoms with E-state index in [0.29, 0.717) is 17.1 Å². The summed E-state index contributed by atoms with van der Waals surface area (Å²) < 4.78 is 0. The zero-order valence-electron chi connectivity index (χ0n) is 15.7. The number of anilines is 1. The Morgan fingerprint density at radius 2 is 1.86 bits per heavy atom. The molecule has 0 saturated carbocycles. The molecule has 8 heteroatoms. The second-order valence-electron chi connectivity index (χ2n) is 6.59. The van der Waals surface area contributed by atoms with E-state index in [1.807, 2.05) is 49.4 Å². The number of nitrogens with zero attached hydrogens (tertiary/aromatic N) is 3. The minimum Gasteiger partial charge on any atom is -0.369 e. The van der Waals surface area contributed by atoms with Crippen LogP contribution in [0.5, 0.6) is 0 Å². The van der Waals surface area contributed by atoms with Gasteiger partial charge in [0.15, 0.2) is 0 Å². The van der Waals surface area contributed by atoms with Crippen LogP contribution in [0.2, 0.25) is 0 Å². The van der Waals surface area contributed by atoms with E-state index in [4.69, 9.17) is 11.5 Å². The Morgan fingerprint density at radius 3 is 2.69 bits per heavy atom. The Labute approximate surface area is 166 Å². The third-order valence-corrected chi connectivity index (χ3v) is 4.50. The Kier molecular flexibility index (Phi) is 4.66. The minimum absolute atomic E-state index is 0.101.